The number of hydrogen-bond acceptors (Lipinski definition) is 6. The van der Waals surface area contributed by atoms with Crippen molar-refractivity contribution < 1.29 is 19.0 Å². The molecule has 1 aromatic rings. The number of guanidine groups is 1. The van der Waals surface area contributed by atoms with Gasteiger partial charge in [0.05, 0.1) is 32.9 Å². The molecule has 1 atom stereocenters. The Hall–Kier alpha value is -2.44. The second-order valence-electron chi connectivity index (χ2n) is 4.97. The molecule has 7 heteroatoms. The largest absolute Gasteiger partial charge is 0.494 e. The molecule has 0 saturated heterocycles. The summed E-state index contributed by atoms with van der Waals surface area (Å²) in [6.07, 6.45) is -0.534. The SMILES string of the molecule is CCOc1ccc(C2CN=C(NC(=O)OC)N2C)c(OCC)c1. The normalized spacial score (nSPS) is 16.8. The number of likely N-dealkylation sites (N-methyl/N-ethyl adjacent to an activating group) is 1. The lowest BCUT2D eigenvalue weighted by atomic mass is 10.1. The minimum atomic E-state index is -0.534. The molecule has 0 spiro atoms. The topological polar surface area (TPSA) is 72.4 Å². The molecule has 1 amide bonds. The van der Waals surface area contributed by atoms with Gasteiger partial charge in [0.15, 0.2) is 0 Å². The molecule has 1 aliphatic rings. The second kappa shape index (κ2) is 7.71. The molecular formula is C16H23N3O4. The first-order chi connectivity index (χ1) is 11.1. The van der Waals surface area contributed by atoms with Crippen LogP contribution in [-0.2, 0) is 4.74 Å². The van der Waals surface area contributed by atoms with Crippen molar-refractivity contribution in [3.05, 3.63) is 23.8 Å². The minimum Gasteiger partial charge on any atom is -0.494 e. The van der Waals surface area contributed by atoms with E-state index in [1.165, 1.54) is 7.11 Å². The van der Waals surface area contributed by atoms with E-state index in [-0.39, 0.29) is 6.04 Å². The van der Waals surface area contributed by atoms with Crippen LogP contribution in [0.2, 0.25) is 0 Å². The summed E-state index contributed by atoms with van der Waals surface area (Å²) in [6.45, 7) is 5.58. The zero-order valence-corrected chi connectivity index (χ0v) is 14.0. The van der Waals surface area contributed by atoms with Crippen molar-refractivity contribution in [2.45, 2.75) is 19.9 Å². The van der Waals surface area contributed by atoms with Gasteiger partial charge in [-0.15, -0.1) is 0 Å². The lowest BCUT2D eigenvalue weighted by Gasteiger charge is -2.25. The Labute approximate surface area is 136 Å². The summed E-state index contributed by atoms with van der Waals surface area (Å²) >= 11 is 0. The smallest absolute Gasteiger partial charge is 0.413 e. The molecule has 1 heterocycles. The van der Waals surface area contributed by atoms with E-state index in [4.69, 9.17) is 9.47 Å². The number of ether oxygens (including phenoxy) is 3. The van der Waals surface area contributed by atoms with Crippen LogP contribution in [0.3, 0.4) is 0 Å². The van der Waals surface area contributed by atoms with E-state index in [2.05, 4.69) is 15.0 Å². The fraction of sp³-hybridized carbons (Fsp3) is 0.500. The van der Waals surface area contributed by atoms with E-state index in [1.54, 1.807) is 0 Å². The van der Waals surface area contributed by atoms with E-state index in [1.807, 2.05) is 44.0 Å². The van der Waals surface area contributed by atoms with Crippen molar-refractivity contribution in [2.75, 3.05) is 33.9 Å². The maximum Gasteiger partial charge on any atom is 0.413 e. The maximum atomic E-state index is 11.4. The van der Waals surface area contributed by atoms with Crippen molar-refractivity contribution in [3.63, 3.8) is 0 Å². The van der Waals surface area contributed by atoms with Crippen LogP contribution in [0.1, 0.15) is 25.5 Å². The number of amides is 1. The van der Waals surface area contributed by atoms with Crippen LogP contribution < -0.4 is 14.8 Å². The summed E-state index contributed by atoms with van der Waals surface area (Å²) in [5.74, 6) is 2.03. The first-order valence-corrected chi connectivity index (χ1v) is 7.62. The van der Waals surface area contributed by atoms with Crippen LogP contribution in [0, 0.1) is 0 Å². The number of aliphatic imine (C=N–C) groups is 1. The van der Waals surface area contributed by atoms with Crippen LogP contribution >= 0.6 is 0 Å². The summed E-state index contributed by atoms with van der Waals surface area (Å²) in [4.78, 5) is 17.6. The van der Waals surface area contributed by atoms with Gasteiger partial charge in [0.1, 0.15) is 11.5 Å². The van der Waals surface area contributed by atoms with Gasteiger partial charge in [-0.2, -0.15) is 0 Å². The standard InChI is InChI=1S/C16H23N3O4/c1-5-22-11-7-8-12(14(9-11)23-6-2)13-10-17-15(19(13)3)18-16(20)21-4/h7-9,13H,5-6,10H2,1-4H3,(H,17,18,20). The Kier molecular flexibility index (Phi) is 5.67. The maximum absolute atomic E-state index is 11.4. The minimum absolute atomic E-state index is 0.0145. The molecule has 1 aromatic carbocycles. The molecule has 0 aliphatic carbocycles. The van der Waals surface area contributed by atoms with Gasteiger partial charge in [-0.25, -0.2) is 4.79 Å². The van der Waals surface area contributed by atoms with E-state index in [9.17, 15) is 4.79 Å². The number of alkyl carbamates (subject to hydrolysis) is 1. The Balaban J connectivity index is 2.20. The highest BCUT2D eigenvalue weighted by Gasteiger charge is 2.29. The third-order valence-electron chi connectivity index (χ3n) is 3.57. The van der Waals surface area contributed by atoms with E-state index >= 15 is 0 Å². The predicted octanol–water partition coefficient (Wildman–Crippen LogP) is 2.18. The Morgan fingerprint density at radius 1 is 1.35 bits per heavy atom. The molecule has 1 aliphatic heterocycles. The van der Waals surface area contributed by atoms with Gasteiger partial charge in [-0.3, -0.25) is 10.3 Å². The van der Waals surface area contributed by atoms with Gasteiger partial charge in [-0.1, -0.05) is 0 Å². The third kappa shape index (κ3) is 3.85. The molecule has 7 nitrogen and oxygen atoms in total. The average Bonchev–Trinajstić information content (AvgIpc) is 2.89. The lowest BCUT2D eigenvalue weighted by molar-refractivity contribution is 0.175. The van der Waals surface area contributed by atoms with E-state index < -0.39 is 6.09 Å². The van der Waals surface area contributed by atoms with Crippen molar-refractivity contribution in [3.8, 4) is 11.5 Å². The highest BCUT2D eigenvalue weighted by atomic mass is 16.5. The van der Waals surface area contributed by atoms with Crippen LogP contribution in [-0.4, -0.2) is 50.9 Å². The number of nitrogens with one attached hydrogen (secondary N) is 1. The first-order valence-electron chi connectivity index (χ1n) is 7.62. The van der Waals surface area contributed by atoms with Gasteiger partial charge in [-0.05, 0) is 26.0 Å². The average molecular weight is 321 g/mol. The van der Waals surface area contributed by atoms with Gasteiger partial charge < -0.3 is 19.1 Å². The molecular weight excluding hydrogens is 298 g/mol. The lowest BCUT2D eigenvalue weighted by Crippen LogP contribution is -2.40. The number of benzene rings is 1. The molecule has 0 aromatic heterocycles. The quantitative estimate of drug-likeness (QED) is 0.900. The Morgan fingerprint density at radius 3 is 2.74 bits per heavy atom. The van der Waals surface area contributed by atoms with Gasteiger partial charge in [0, 0.05) is 18.7 Å². The van der Waals surface area contributed by atoms with Gasteiger partial charge in [0.25, 0.3) is 0 Å². The zero-order valence-electron chi connectivity index (χ0n) is 14.0. The number of rotatable bonds is 5. The third-order valence-corrected chi connectivity index (χ3v) is 3.57. The fourth-order valence-electron chi connectivity index (χ4n) is 2.46. The van der Waals surface area contributed by atoms with Crippen LogP contribution in [0.25, 0.3) is 0 Å². The Morgan fingerprint density at radius 2 is 2.09 bits per heavy atom. The predicted molar refractivity (Wildman–Crippen MR) is 87.1 cm³/mol. The highest BCUT2D eigenvalue weighted by molar-refractivity contribution is 5.94. The highest BCUT2D eigenvalue weighted by Crippen LogP contribution is 2.34. The van der Waals surface area contributed by atoms with Crippen molar-refractivity contribution in [2.24, 2.45) is 4.99 Å². The number of hydrogen-bond donors (Lipinski definition) is 1. The number of nitrogens with zero attached hydrogens (tertiary/aromatic N) is 2. The summed E-state index contributed by atoms with van der Waals surface area (Å²) < 4.78 is 15.9. The van der Waals surface area contributed by atoms with Crippen LogP contribution in [0.5, 0.6) is 11.5 Å². The molecule has 2 rings (SSSR count). The van der Waals surface area contributed by atoms with Crippen molar-refractivity contribution in [1.29, 1.82) is 0 Å². The molecule has 126 valence electrons. The summed E-state index contributed by atoms with van der Waals surface area (Å²) in [5, 5.41) is 2.61. The van der Waals surface area contributed by atoms with Crippen LogP contribution in [0.15, 0.2) is 23.2 Å². The zero-order chi connectivity index (χ0) is 16.8. The molecule has 0 saturated carbocycles. The summed E-state index contributed by atoms with van der Waals surface area (Å²) in [6, 6.07) is 5.77. The van der Waals surface area contributed by atoms with Crippen molar-refractivity contribution in [1.82, 2.24) is 10.2 Å². The first kappa shape index (κ1) is 16.9. The number of carbonyl (C=O) groups is 1. The second-order valence-corrected chi connectivity index (χ2v) is 4.97. The van der Waals surface area contributed by atoms with Gasteiger partial charge in [0.2, 0.25) is 5.96 Å². The molecule has 0 radical (unpaired) electrons. The number of methoxy groups -OCH3 is 1. The molecule has 1 unspecified atom stereocenters. The van der Waals surface area contributed by atoms with E-state index in [0.717, 1.165) is 17.1 Å². The number of carbonyl (C=O) groups excluding carboxylic acids is 1. The van der Waals surface area contributed by atoms with Crippen molar-refractivity contribution >= 4 is 12.1 Å². The van der Waals surface area contributed by atoms with Gasteiger partial charge >= 0.3 is 6.09 Å². The molecule has 23 heavy (non-hydrogen) atoms. The molecule has 1 N–H and O–H groups in total. The van der Waals surface area contributed by atoms with E-state index in [0.29, 0.717) is 25.7 Å². The van der Waals surface area contributed by atoms with Crippen LogP contribution in [0.4, 0.5) is 4.79 Å². The monoisotopic (exact) mass is 321 g/mol. The Bertz CT molecular complexity index is 589. The molecule has 0 bridgehead atoms. The summed E-state index contributed by atoms with van der Waals surface area (Å²) in [5.41, 5.74) is 1.00. The molecule has 0 fully saturated rings. The fourth-order valence-corrected chi connectivity index (χ4v) is 2.46. The summed E-state index contributed by atoms with van der Waals surface area (Å²) in [7, 11) is 3.20.